The largest absolute Gasteiger partial charge is 0.388 e. The lowest BCUT2D eigenvalue weighted by Crippen LogP contribution is -2.37. The first-order valence-corrected chi connectivity index (χ1v) is 7.14. The van der Waals surface area contributed by atoms with Crippen molar-refractivity contribution < 1.29 is 9.59 Å². The van der Waals surface area contributed by atoms with Gasteiger partial charge in [0.2, 0.25) is 11.8 Å². The SMILES string of the molecule is NC(=S)C(=S)NC(=O)CCCCC(=O)NC(=S)C(N)=S. The van der Waals surface area contributed by atoms with Crippen LogP contribution in [-0.2, 0) is 9.59 Å². The molecule has 0 aliphatic carbocycles. The van der Waals surface area contributed by atoms with E-state index in [9.17, 15) is 9.59 Å². The summed E-state index contributed by atoms with van der Waals surface area (Å²) < 4.78 is 0. The van der Waals surface area contributed by atoms with Crippen molar-refractivity contribution in [3.63, 3.8) is 0 Å². The third-order valence-electron chi connectivity index (χ3n) is 2.01. The van der Waals surface area contributed by atoms with Crippen molar-refractivity contribution in [1.82, 2.24) is 10.6 Å². The topological polar surface area (TPSA) is 110 Å². The molecule has 10 heteroatoms. The molecule has 0 rings (SSSR count). The van der Waals surface area contributed by atoms with Crippen LogP contribution in [0, 0.1) is 0 Å². The van der Waals surface area contributed by atoms with Gasteiger partial charge in [-0.15, -0.1) is 0 Å². The van der Waals surface area contributed by atoms with Crippen molar-refractivity contribution in [1.29, 1.82) is 0 Å². The highest BCUT2D eigenvalue weighted by Gasteiger charge is 2.09. The molecule has 0 fully saturated rings. The Bertz CT molecular complexity index is 422. The maximum absolute atomic E-state index is 11.4. The predicted molar refractivity (Wildman–Crippen MR) is 93.5 cm³/mol. The Morgan fingerprint density at radius 1 is 0.750 bits per heavy atom. The Hall–Kier alpha value is -1.10. The summed E-state index contributed by atoms with van der Waals surface area (Å²) >= 11 is 18.7. The fraction of sp³-hybridized carbons (Fsp3) is 0.400. The normalized spacial score (nSPS) is 9.40. The average Bonchev–Trinajstić information content (AvgIpc) is 2.34. The molecule has 0 atom stereocenters. The van der Waals surface area contributed by atoms with Gasteiger partial charge in [-0.25, -0.2) is 0 Å². The van der Waals surface area contributed by atoms with E-state index < -0.39 is 0 Å². The number of hydrogen-bond acceptors (Lipinski definition) is 6. The van der Waals surface area contributed by atoms with Gasteiger partial charge in [0.1, 0.15) is 20.0 Å². The minimum Gasteiger partial charge on any atom is -0.388 e. The maximum Gasteiger partial charge on any atom is 0.225 e. The monoisotopic (exact) mass is 350 g/mol. The van der Waals surface area contributed by atoms with Gasteiger partial charge >= 0.3 is 0 Å². The van der Waals surface area contributed by atoms with Gasteiger partial charge in [0, 0.05) is 12.8 Å². The fourth-order valence-electron chi connectivity index (χ4n) is 1.07. The predicted octanol–water partition coefficient (Wildman–Crippen LogP) is 0.00620. The molecule has 6 nitrogen and oxygen atoms in total. The zero-order chi connectivity index (χ0) is 15.7. The van der Waals surface area contributed by atoms with Gasteiger partial charge in [-0.3, -0.25) is 9.59 Å². The Morgan fingerprint density at radius 3 is 1.30 bits per heavy atom. The smallest absolute Gasteiger partial charge is 0.225 e. The summed E-state index contributed by atoms with van der Waals surface area (Å²) in [5, 5.41) is 4.77. The van der Waals surface area contributed by atoms with Crippen LogP contribution in [0.4, 0.5) is 0 Å². The third-order valence-corrected chi connectivity index (χ3v) is 3.32. The van der Waals surface area contributed by atoms with E-state index in [0.29, 0.717) is 12.8 Å². The van der Waals surface area contributed by atoms with Crippen LogP contribution in [0.2, 0.25) is 0 Å². The van der Waals surface area contributed by atoms with Crippen molar-refractivity contribution >= 4 is 80.6 Å². The molecular formula is C10H14N4O2S4. The van der Waals surface area contributed by atoms with E-state index in [2.05, 4.69) is 35.1 Å². The molecule has 6 N–H and O–H groups in total. The fourth-order valence-corrected chi connectivity index (χ4v) is 1.40. The van der Waals surface area contributed by atoms with Crippen LogP contribution in [0.15, 0.2) is 0 Å². The number of hydrogen-bond donors (Lipinski definition) is 4. The first-order valence-electron chi connectivity index (χ1n) is 5.51. The lowest BCUT2D eigenvalue weighted by molar-refractivity contribution is -0.121. The van der Waals surface area contributed by atoms with E-state index in [1.807, 2.05) is 0 Å². The highest BCUT2D eigenvalue weighted by molar-refractivity contribution is 7.89. The summed E-state index contributed by atoms with van der Waals surface area (Å²) in [4.78, 5) is 22.8. The van der Waals surface area contributed by atoms with Gasteiger partial charge in [-0.2, -0.15) is 0 Å². The quantitative estimate of drug-likeness (QED) is 0.405. The zero-order valence-corrected chi connectivity index (χ0v) is 13.7. The summed E-state index contributed by atoms with van der Waals surface area (Å²) in [5.74, 6) is -0.580. The number of rotatable bonds is 5. The number of carbonyl (C=O) groups is 2. The van der Waals surface area contributed by atoms with Gasteiger partial charge in [-0.05, 0) is 12.8 Å². The van der Waals surface area contributed by atoms with E-state index >= 15 is 0 Å². The first kappa shape index (κ1) is 18.9. The highest BCUT2D eigenvalue weighted by atomic mass is 32.1. The summed E-state index contributed by atoms with van der Waals surface area (Å²) in [5.41, 5.74) is 10.5. The van der Waals surface area contributed by atoms with Gasteiger partial charge in [0.25, 0.3) is 0 Å². The second kappa shape index (κ2) is 9.75. The van der Waals surface area contributed by atoms with Crippen LogP contribution in [0.1, 0.15) is 25.7 Å². The standard InChI is InChI=1S/C10H14N4O2S4/c11-7(17)9(19)13-5(15)3-1-2-4-6(16)14-10(20)8(12)18/h1-4H2,(H2,11,17)(H2,12,18)(H,13,15,19)(H,14,16,20). The number of nitrogens with two attached hydrogens (primary N) is 2. The van der Waals surface area contributed by atoms with E-state index in [0.717, 1.165) is 0 Å². The molecule has 110 valence electrons. The minimum absolute atomic E-state index is 0.0287. The molecule has 0 aliphatic rings. The molecule has 0 radical (unpaired) electrons. The summed E-state index contributed by atoms with van der Waals surface area (Å²) in [6.45, 7) is 0. The molecule has 0 bridgehead atoms. The van der Waals surface area contributed by atoms with Gasteiger partial charge in [-0.1, -0.05) is 48.9 Å². The van der Waals surface area contributed by atoms with Crippen LogP contribution in [-0.4, -0.2) is 31.8 Å². The summed E-state index contributed by atoms with van der Waals surface area (Å²) in [6, 6.07) is 0. The number of thiocarbonyl (C=S) groups is 4. The van der Waals surface area contributed by atoms with Crippen molar-refractivity contribution in [3.05, 3.63) is 0 Å². The van der Waals surface area contributed by atoms with Crippen molar-refractivity contribution in [3.8, 4) is 0 Å². The minimum atomic E-state index is -0.290. The molecular weight excluding hydrogens is 336 g/mol. The Morgan fingerprint density at radius 2 is 1.05 bits per heavy atom. The van der Waals surface area contributed by atoms with Crippen molar-refractivity contribution in [2.45, 2.75) is 25.7 Å². The number of amides is 2. The molecule has 0 saturated heterocycles. The molecule has 2 amide bonds. The maximum atomic E-state index is 11.4. The number of nitrogens with one attached hydrogen (secondary N) is 2. The molecule has 0 saturated carbocycles. The Balaban J connectivity index is 3.81. The lowest BCUT2D eigenvalue weighted by atomic mass is 10.2. The molecule has 0 spiro atoms. The Kier molecular flexibility index (Phi) is 9.21. The summed E-state index contributed by atoms with van der Waals surface area (Å²) in [6.07, 6.45) is 1.46. The first-order chi connectivity index (χ1) is 9.23. The second-order valence-electron chi connectivity index (χ2n) is 3.69. The number of unbranched alkanes of at least 4 members (excludes halogenated alkanes) is 1. The molecule has 20 heavy (non-hydrogen) atoms. The van der Waals surface area contributed by atoms with E-state index in [1.165, 1.54) is 0 Å². The molecule has 0 unspecified atom stereocenters. The lowest BCUT2D eigenvalue weighted by Gasteiger charge is -2.06. The van der Waals surface area contributed by atoms with E-state index in [4.69, 9.17) is 35.9 Å². The second-order valence-corrected chi connectivity index (χ2v) is 5.39. The van der Waals surface area contributed by atoms with Crippen LogP contribution in [0.5, 0.6) is 0 Å². The van der Waals surface area contributed by atoms with Gasteiger partial charge in [0.05, 0.1) is 0 Å². The van der Waals surface area contributed by atoms with Gasteiger partial charge < -0.3 is 22.1 Å². The van der Waals surface area contributed by atoms with Crippen LogP contribution >= 0.6 is 48.9 Å². The zero-order valence-electron chi connectivity index (χ0n) is 10.4. The van der Waals surface area contributed by atoms with E-state index in [-0.39, 0.29) is 44.6 Å². The molecule has 0 aromatic heterocycles. The van der Waals surface area contributed by atoms with Crippen LogP contribution in [0.3, 0.4) is 0 Å². The molecule has 0 aromatic rings. The number of carbonyl (C=O) groups excluding carboxylic acids is 2. The van der Waals surface area contributed by atoms with E-state index in [1.54, 1.807) is 0 Å². The molecule has 0 aliphatic heterocycles. The van der Waals surface area contributed by atoms with Crippen LogP contribution < -0.4 is 22.1 Å². The average molecular weight is 351 g/mol. The molecule has 0 aromatic carbocycles. The van der Waals surface area contributed by atoms with Gasteiger partial charge in [0.15, 0.2) is 0 Å². The van der Waals surface area contributed by atoms with Crippen molar-refractivity contribution in [2.75, 3.05) is 0 Å². The highest BCUT2D eigenvalue weighted by Crippen LogP contribution is 2.00. The Labute approximate surface area is 138 Å². The third kappa shape index (κ3) is 8.91. The molecule has 0 heterocycles. The summed E-state index contributed by atoms with van der Waals surface area (Å²) in [7, 11) is 0. The van der Waals surface area contributed by atoms with Crippen LogP contribution in [0.25, 0.3) is 0 Å². The van der Waals surface area contributed by atoms with Crippen molar-refractivity contribution in [2.24, 2.45) is 11.5 Å².